The van der Waals surface area contributed by atoms with Gasteiger partial charge in [-0.05, 0) is 67.5 Å². The minimum atomic E-state index is -2.70. The molecule has 21 nitrogen and oxygen atoms in total. The molecule has 2 aromatic carbocycles. The Morgan fingerprint density at radius 2 is 1.57 bits per heavy atom. The van der Waals surface area contributed by atoms with Crippen molar-refractivity contribution in [2.75, 3.05) is 103 Å². The summed E-state index contributed by atoms with van der Waals surface area (Å²) in [6.45, 7) is 5.51. The predicted molar refractivity (Wildman–Crippen MR) is 264 cm³/mol. The van der Waals surface area contributed by atoms with Gasteiger partial charge in [-0.3, -0.25) is 43.6 Å². The number of aryl methyl sites for hydroxylation is 2. The van der Waals surface area contributed by atoms with E-state index in [1.807, 2.05) is 11.0 Å². The highest BCUT2D eigenvalue weighted by molar-refractivity contribution is 6.25. The van der Waals surface area contributed by atoms with Crippen molar-refractivity contribution < 1.29 is 56.5 Å². The Kier molecular flexibility index (Phi) is 16.6. The van der Waals surface area contributed by atoms with Crippen molar-refractivity contribution in [3.05, 3.63) is 76.2 Å². The number of nitrogens with zero attached hydrogens (tertiary/aromatic N) is 8. The zero-order valence-electron chi connectivity index (χ0n) is 41.7. The number of aromatic nitrogens is 4. The minimum Gasteiger partial charge on any atom is -0.382 e. The Morgan fingerprint density at radius 1 is 0.838 bits per heavy atom. The average molecular weight is 1030 g/mol. The van der Waals surface area contributed by atoms with Crippen LogP contribution in [0.3, 0.4) is 0 Å². The van der Waals surface area contributed by atoms with Crippen LogP contribution in [0.15, 0.2) is 42.7 Å². The number of anilines is 3. The highest BCUT2D eigenvalue weighted by Crippen LogP contribution is 2.44. The number of imide groups is 2. The van der Waals surface area contributed by atoms with E-state index in [-0.39, 0.29) is 60.5 Å². The van der Waals surface area contributed by atoms with Crippen LogP contribution in [0.2, 0.25) is 0 Å². The Bertz CT molecular complexity index is 2740. The zero-order chi connectivity index (χ0) is 51.9. The molecule has 5 aliphatic rings. The van der Waals surface area contributed by atoms with E-state index in [2.05, 4.69) is 30.6 Å². The number of amides is 7. The molecular formula is C51H63F2N11O10. The number of carbonyl (C=O) groups excluding carboxylic acids is 6. The highest BCUT2D eigenvalue weighted by Gasteiger charge is 2.46. The van der Waals surface area contributed by atoms with Crippen LogP contribution < -0.4 is 20.9 Å². The number of nitrogens with one attached hydrogen (secondary N) is 3. The normalized spacial score (nSPS) is 18.0. The highest BCUT2D eigenvalue weighted by atomic mass is 19.3. The second-order valence-corrected chi connectivity index (χ2v) is 18.9. The van der Waals surface area contributed by atoms with E-state index in [4.69, 9.17) is 24.0 Å². The third kappa shape index (κ3) is 11.3. The van der Waals surface area contributed by atoms with Crippen LogP contribution in [0.5, 0.6) is 0 Å². The van der Waals surface area contributed by atoms with Crippen molar-refractivity contribution in [1.82, 2.24) is 44.9 Å². The number of benzene rings is 2. The van der Waals surface area contributed by atoms with Crippen LogP contribution >= 0.6 is 0 Å². The molecule has 0 aliphatic carbocycles. The van der Waals surface area contributed by atoms with Gasteiger partial charge in [-0.1, -0.05) is 6.07 Å². The number of urea groups is 1. The van der Waals surface area contributed by atoms with E-state index in [0.29, 0.717) is 133 Å². The number of ether oxygens (including phenoxy) is 4. The smallest absolute Gasteiger partial charge is 0.317 e. The van der Waals surface area contributed by atoms with Gasteiger partial charge in [0.25, 0.3) is 18.2 Å². The number of piperidine rings is 2. The zero-order valence-corrected chi connectivity index (χ0v) is 41.7. The molecule has 1 atom stereocenters. The molecule has 3 N–H and O–H groups in total. The van der Waals surface area contributed by atoms with Crippen LogP contribution in [-0.2, 0) is 59.8 Å². The molecule has 2 fully saturated rings. The lowest BCUT2D eigenvalue weighted by Gasteiger charge is -2.34. The summed E-state index contributed by atoms with van der Waals surface area (Å²) in [4.78, 5) is 83.1. The lowest BCUT2D eigenvalue weighted by Crippen LogP contribution is -2.54. The van der Waals surface area contributed by atoms with Crippen molar-refractivity contribution in [2.45, 2.75) is 76.4 Å². The summed E-state index contributed by atoms with van der Waals surface area (Å²) in [6.07, 6.45) is 4.54. The van der Waals surface area contributed by atoms with E-state index in [1.165, 1.54) is 0 Å². The lowest BCUT2D eigenvalue weighted by molar-refractivity contribution is -0.136. The van der Waals surface area contributed by atoms with E-state index in [1.54, 1.807) is 60.3 Å². The van der Waals surface area contributed by atoms with Crippen molar-refractivity contribution in [1.29, 1.82) is 0 Å². The second kappa shape index (κ2) is 23.6. The number of hydrogen-bond donors (Lipinski definition) is 3. The summed E-state index contributed by atoms with van der Waals surface area (Å²) in [7, 11) is 3.37. The number of alkyl halides is 2. The quantitative estimate of drug-likeness (QED) is 0.0789. The van der Waals surface area contributed by atoms with Gasteiger partial charge in [0, 0.05) is 99.6 Å². The molecule has 2 saturated heterocycles. The molecule has 0 bridgehead atoms. The van der Waals surface area contributed by atoms with Crippen molar-refractivity contribution in [2.24, 2.45) is 7.05 Å². The maximum absolute atomic E-state index is 14.7. The topological polar surface area (TPSA) is 224 Å². The second-order valence-electron chi connectivity index (χ2n) is 18.9. The maximum Gasteiger partial charge on any atom is 0.317 e. The third-order valence-corrected chi connectivity index (χ3v) is 14.2. The number of rotatable bonds is 21. The minimum absolute atomic E-state index is 0.0131. The molecule has 5 aliphatic heterocycles. The number of fused-ring (bicyclic) bond motifs is 3. The number of carbonyl (C=O) groups is 6. The molecule has 0 spiro atoms. The molecule has 0 saturated carbocycles. The van der Waals surface area contributed by atoms with Gasteiger partial charge < -0.3 is 44.3 Å². The standard InChI is InChI=1S/C51H63F2N11O10/c1-54-51(70)61-18-12-40-38(31-61)47(62-15-4-5-32-27-36(33-29-56-59(2)30-33)37(46(52)53)28-42(32)62)58-64(40)34-10-16-60(17-11-34)44(66)13-19-71-21-23-73-25-26-74-24-22-72-20-14-55-39-7-3-6-35-45(39)50(69)63(49(35)68)41-8-9-43(65)57-48(41)67/h3,6-7,27-30,34,41,46,55H,4-5,8-26,31H2,1-2H3,(H,54,70)(H,57,65,67). The molecule has 7 amide bonds. The third-order valence-electron chi connectivity index (χ3n) is 14.2. The van der Waals surface area contributed by atoms with Gasteiger partial charge in [0.05, 0.1) is 89.2 Å². The fourth-order valence-corrected chi connectivity index (χ4v) is 10.5. The Balaban J connectivity index is 0.668. The molecular weight excluding hydrogens is 965 g/mol. The summed E-state index contributed by atoms with van der Waals surface area (Å²) < 4.78 is 55.7. The first-order valence-electron chi connectivity index (χ1n) is 25.4. The average Bonchev–Trinajstić information content (AvgIpc) is 4.09. The van der Waals surface area contributed by atoms with Crippen LogP contribution in [-0.4, -0.2) is 168 Å². The largest absolute Gasteiger partial charge is 0.382 e. The van der Waals surface area contributed by atoms with Gasteiger partial charge in [0.2, 0.25) is 17.7 Å². The first-order chi connectivity index (χ1) is 35.9. The van der Waals surface area contributed by atoms with E-state index in [9.17, 15) is 37.5 Å². The van der Waals surface area contributed by atoms with Gasteiger partial charge in [-0.25, -0.2) is 13.6 Å². The van der Waals surface area contributed by atoms with Gasteiger partial charge >= 0.3 is 6.03 Å². The Labute approximate surface area is 426 Å². The van der Waals surface area contributed by atoms with Crippen molar-refractivity contribution in [3.63, 3.8) is 0 Å². The van der Waals surface area contributed by atoms with Crippen molar-refractivity contribution >= 4 is 52.8 Å². The maximum atomic E-state index is 14.7. The van der Waals surface area contributed by atoms with Crippen LogP contribution in [0.25, 0.3) is 11.1 Å². The monoisotopic (exact) mass is 1030 g/mol. The molecule has 1 unspecified atom stereocenters. The molecule has 74 heavy (non-hydrogen) atoms. The molecule has 0 radical (unpaired) electrons. The summed E-state index contributed by atoms with van der Waals surface area (Å²) >= 11 is 0. The summed E-state index contributed by atoms with van der Waals surface area (Å²) in [5, 5.41) is 17.5. The summed E-state index contributed by atoms with van der Waals surface area (Å²) in [5.74, 6) is -1.54. The van der Waals surface area contributed by atoms with Gasteiger partial charge in [-0.2, -0.15) is 10.2 Å². The number of hydrogen-bond acceptors (Lipinski definition) is 14. The molecule has 2 aromatic heterocycles. The molecule has 396 valence electrons. The van der Waals surface area contributed by atoms with E-state index >= 15 is 0 Å². The van der Waals surface area contributed by atoms with Gasteiger partial charge in [-0.15, -0.1) is 0 Å². The molecule has 4 aromatic rings. The first-order valence-corrected chi connectivity index (χ1v) is 25.4. The Hall–Kier alpha value is -6.82. The molecule has 7 heterocycles. The number of likely N-dealkylation sites (tertiary alicyclic amines) is 1. The fraction of sp³-hybridized carbons (Fsp3) is 0.529. The predicted octanol–water partition coefficient (Wildman–Crippen LogP) is 4.14. The van der Waals surface area contributed by atoms with Gasteiger partial charge in [0.1, 0.15) is 6.04 Å². The van der Waals surface area contributed by atoms with Crippen molar-refractivity contribution in [3.8, 4) is 11.1 Å². The van der Waals surface area contributed by atoms with Crippen LogP contribution in [0.4, 0.5) is 30.8 Å². The van der Waals surface area contributed by atoms with E-state index < -0.39 is 36.1 Å². The molecule has 23 heteroatoms. The summed E-state index contributed by atoms with van der Waals surface area (Å²) in [5.41, 5.74) is 5.50. The van der Waals surface area contributed by atoms with Crippen LogP contribution in [0, 0.1) is 0 Å². The van der Waals surface area contributed by atoms with E-state index in [0.717, 1.165) is 34.6 Å². The lowest BCUT2D eigenvalue weighted by atomic mass is 9.92. The number of halogens is 2. The first kappa shape index (κ1) is 52.1. The van der Waals surface area contributed by atoms with Gasteiger partial charge in [0.15, 0.2) is 5.82 Å². The van der Waals surface area contributed by atoms with Crippen LogP contribution in [0.1, 0.15) is 94.1 Å². The Morgan fingerprint density at radius 3 is 2.26 bits per heavy atom. The fourth-order valence-electron chi connectivity index (χ4n) is 10.5. The summed E-state index contributed by atoms with van der Waals surface area (Å²) in [6, 6.07) is 7.15. The SMILES string of the molecule is CNC(=O)N1CCc2c(c(N3CCCc4cc(-c5cnn(C)c5)c(C(F)F)cc43)nn2C2CCN(C(=O)CCOCCOCCOCCOCCNc3cccc4c3C(=O)N(C3CCC(=O)NC3=O)C4=O)CC2)C1. The molecule has 9 rings (SSSR count).